The Labute approximate surface area is 112 Å². The molecule has 2 amide bonds. The first-order valence-electron chi connectivity index (χ1n) is 6.46. The number of aliphatic hydroxyl groups is 1. The van der Waals surface area contributed by atoms with Crippen LogP contribution in [-0.2, 0) is 9.53 Å². The number of carbonyl (C=O) groups is 2. The van der Waals surface area contributed by atoms with Gasteiger partial charge in [-0.1, -0.05) is 0 Å². The standard InChI is InChI=1S/C12H22N2O5/c1-8(15)10(11(16)17)13-12(18)14(2)7-9-5-3-4-6-19-9/h8-10,15H,3-7H2,1-2H3,(H,13,18)(H,16,17)/t8-,9?,10+/m1/s1. The topological polar surface area (TPSA) is 99.1 Å². The molecule has 7 nitrogen and oxygen atoms in total. The van der Waals surface area contributed by atoms with Crippen molar-refractivity contribution >= 4 is 12.0 Å². The molecule has 1 heterocycles. The largest absolute Gasteiger partial charge is 0.480 e. The molecule has 110 valence electrons. The number of hydrogen-bond donors (Lipinski definition) is 3. The Kier molecular flexibility index (Phi) is 6.04. The number of nitrogens with zero attached hydrogens (tertiary/aromatic N) is 1. The molecule has 0 aromatic heterocycles. The zero-order valence-corrected chi connectivity index (χ0v) is 11.3. The van der Waals surface area contributed by atoms with Gasteiger partial charge in [-0.25, -0.2) is 9.59 Å². The van der Waals surface area contributed by atoms with Crippen molar-refractivity contribution in [3.63, 3.8) is 0 Å². The van der Waals surface area contributed by atoms with Gasteiger partial charge in [0.15, 0.2) is 6.04 Å². The minimum Gasteiger partial charge on any atom is -0.480 e. The first kappa shape index (κ1) is 15.7. The number of rotatable bonds is 5. The summed E-state index contributed by atoms with van der Waals surface area (Å²) in [6.07, 6.45) is 1.86. The SMILES string of the molecule is C[C@@H](O)[C@H](NC(=O)N(C)CC1CCCCO1)C(=O)O. The molecule has 0 bridgehead atoms. The smallest absolute Gasteiger partial charge is 0.328 e. The summed E-state index contributed by atoms with van der Waals surface area (Å²) >= 11 is 0. The van der Waals surface area contributed by atoms with E-state index in [1.165, 1.54) is 11.8 Å². The van der Waals surface area contributed by atoms with Gasteiger partial charge in [0.05, 0.1) is 12.2 Å². The van der Waals surface area contributed by atoms with Crippen LogP contribution in [0, 0.1) is 0 Å². The molecule has 1 unspecified atom stereocenters. The van der Waals surface area contributed by atoms with Gasteiger partial charge in [0.1, 0.15) is 0 Å². The van der Waals surface area contributed by atoms with E-state index in [9.17, 15) is 14.7 Å². The Balaban J connectivity index is 2.44. The summed E-state index contributed by atoms with van der Waals surface area (Å²) in [7, 11) is 1.58. The summed E-state index contributed by atoms with van der Waals surface area (Å²) in [5.41, 5.74) is 0. The second-order valence-electron chi connectivity index (χ2n) is 4.88. The van der Waals surface area contributed by atoms with E-state index in [4.69, 9.17) is 9.84 Å². The van der Waals surface area contributed by atoms with Gasteiger partial charge in [0.2, 0.25) is 0 Å². The molecule has 0 radical (unpaired) electrons. The van der Waals surface area contributed by atoms with Crippen LogP contribution in [0.25, 0.3) is 0 Å². The monoisotopic (exact) mass is 274 g/mol. The van der Waals surface area contributed by atoms with Gasteiger partial charge in [-0.15, -0.1) is 0 Å². The third-order valence-corrected chi connectivity index (χ3v) is 3.13. The Morgan fingerprint density at radius 3 is 2.63 bits per heavy atom. The van der Waals surface area contributed by atoms with E-state index in [2.05, 4.69) is 5.32 Å². The van der Waals surface area contributed by atoms with Gasteiger partial charge in [-0.2, -0.15) is 0 Å². The molecule has 3 N–H and O–H groups in total. The number of carboxylic acids is 1. The van der Waals surface area contributed by atoms with E-state index >= 15 is 0 Å². The minimum absolute atomic E-state index is 0.000622. The number of amides is 2. The Hall–Kier alpha value is -1.34. The molecular formula is C12H22N2O5. The highest BCUT2D eigenvalue weighted by atomic mass is 16.5. The van der Waals surface area contributed by atoms with E-state index < -0.39 is 24.1 Å². The van der Waals surface area contributed by atoms with Crippen molar-refractivity contribution in [3.05, 3.63) is 0 Å². The van der Waals surface area contributed by atoms with Crippen LogP contribution in [-0.4, -0.2) is 65.6 Å². The van der Waals surface area contributed by atoms with Gasteiger partial charge in [0.25, 0.3) is 0 Å². The van der Waals surface area contributed by atoms with Gasteiger partial charge in [-0.05, 0) is 26.2 Å². The fraction of sp³-hybridized carbons (Fsp3) is 0.833. The summed E-state index contributed by atoms with van der Waals surface area (Å²) in [6.45, 7) is 2.44. The average molecular weight is 274 g/mol. The van der Waals surface area contributed by atoms with Crippen LogP contribution < -0.4 is 5.32 Å². The predicted molar refractivity (Wildman–Crippen MR) is 67.9 cm³/mol. The van der Waals surface area contributed by atoms with Crippen LogP contribution >= 0.6 is 0 Å². The molecule has 19 heavy (non-hydrogen) atoms. The highest BCUT2D eigenvalue weighted by Gasteiger charge is 2.27. The number of aliphatic hydroxyl groups excluding tert-OH is 1. The van der Waals surface area contributed by atoms with Gasteiger partial charge in [0, 0.05) is 20.2 Å². The predicted octanol–water partition coefficient (Wildman–Crippen LogP) is 0.0309. The molecule has 0 spiro atoms. The van der Waals surface area contributed by atoms with E-state index in [0.717, 1.165) is 19.3 Å². The van der Waals surface area contributed by atoms with Crippen molar-refractivity contribution in [3.8, 4) is 0 Å². The third kappa shape index (κ3) is 5.04. The van der Waals surface area contributed by atoms with E-state index in [1.807, 2.05) is 0 Å². The van der Waals surface area contributed by atoms with Crippen LogP contribution in [0.15, 0.2) is 0 Å². The normalized spacial score (nSPS) is 22.4. The highest BCUT2D eigenvalue weighted by Crippen LogP contribution is 2.13. The highest BCUT2D eigenvalue weighted by molar-refractivity contribution is 5.82. The lowest BCUT2D eigenvalue weighted by atomic mass is 10.1. The van der Waals surface area contributed by atoms with Crippen molar-refractivity contribution in [2.24, 2.45) is 0 Å². The molecule has 1 rings (SSSR count). The van der Waals surface area contributed by atoms with Crippen LogP contribution in [0.5, 0.6) is 0 Å². The Morgan fingerprint density at radius 1 is 1.47 bits per heavy atom. The minimum atomic E-state index is -1.30. The molecule has 1 aliphatic heterocycles. The molecule has 7 heteroatoms. The number of carboxylic acid groups (broad SMARTS) is 1. The van der Waals surface area contributed by atoms with E-state index in [-0.39, 0.29) is 6.10 Å². The number of nitrogens with one attached hydrogen (secondary N) is 1. The van der Waals surface area contributed by atoms with Crippen LogP contribution in [0.2, 0.25) is 0 Å². The Morgan fingerprint density at radius 2 is 2.16 bits per heavy atom. The summed E-state index contributed by atoms with van der Waals surface area (Å²) < 4.78 is 5.51. The van der Waals surface area contributed by atoms with E-state index in [1.54, 1.807) is 7.05 Å². The number of hydrogen-bond acceptors (Lipinski definition) is 4. The fourth-order valence-electron chi connectivity index (χ4n) is 1.97. The summed E-state index contributed by atoms with van der Waals surface area (Å²) in [5.74, 6) is -1.26. The second-order valence-corrected chi connectivity index (χ2v) is 4.88. The molecule has 0 saturated carbocycles. The number of urea groups is 1. The lowest BCUT2D eigenvalue weighted by Crippen LogP contribution is -2.52. The van der Waals surface area contributed by atoms with Crippen molar-refractivity contribution in [1.82, 2.24) is 10.2 Å². The van der Waals surface area contributed by atoms with Crippen LogP contribution in [0.1, 0.15) is 26.2 Å². The number of carbonyl (C=O) groups excluding carboxylic acids is 1. The first-order valence-corrected chi connectivity index (χ1v) is 6.46. The summed E-state index contributed by atoms with van der Waals surface area (Å²) in [6, 6.07) is -1.83. The maximum atomic E-state index is 11.8. The average Bonchev–Trinajstić information content (AvgIpc) is 2.35. The van der Waals surface area contributed by atoms with Crippen molar-refractivity contribution in [1.29, 1.82) is 0 Å². The van der Waals surface area contributed by atoms with Gasteiger partial charge in [-0.3, -0.25) is 0 Å². The lowest BCUT2D eigenvalue weighted by Gasteiger charge is -2.28. The molecule has 0 aliphatic carbocycles. The molecule has 1 aliphatic rings. The second kappa shape index (κ2) is 7.30. The third-order valence-electron chi connectivity index (χ3n) is 3.13. The maximum Gasteiger partial charge on any atom is 0.328 e. The number of likely N-dealkylation sites (N-methyl/N-ethyl adjacent to an activating group) is 1. The van der Waals surface area contributed by atoms with Gasteiger partial charge < -0.3 is 25.2 Å². The number of aliphatic carboxylic acids is 1. The first-order chi connectivity index (χ1) is 8.91. The van der Waals surface area contributed by atoms with Crippen LogP contribution in [0.4, 0.5) is 4.79 Å². The molecule has 1 saturated heterocycles. The van der Waals surface area contributed by atoms with Crippen molar-refractivity contribution < 1.29 is 24.5 Å². The zero-order valence-electron chi connectivity index (χ0n) is 11.3. The van der Waals surface area contributed by atoms with E-state index in [0.29, 0.717) is 13.2 Å². The maximum absolute atomic E-state index is 11.8. The lowest BCUT2D eigenvalue weighted by molar-refractivity contribution is -0.141. The molecule has 1 fully saturated rings. The molecule has 0 aromatic carbocycles. The van der Waals surface area contributed by atoms with Crippen molar-refractivity contribution in [2.75, 3.05) is 20.2 Å². The van der Waals surface area contributed by atoms with Gasteiger partial charge >= 0.3 is 12.0 Å². The summed E-state index contributed by atoms with van der Waals surface area (Å²) in [5, 5.41) is 20.5. The van der Waals surface area contributed by atoms with Crippen LogP contribution in [0.3, 0.4) is 0 Å². The summed E-state index contributed by atoms with van der Waals surface area (Å²) in [4.78, 5) is 24.1. The molecular weight excluding hydrogens is 252 g/mol. The molecule has 0 aromatic rings. The zero-order chi connectivity index (χ0) is 14.4. The molecule has 3 atom stereocenters. The van der Waals surface area contributed by atoms with Crippen molar-refractivity contribution in [2.45, 2.75) is 44.4 Å². The Bertz CT molecular complexity index is 315. The quantitative estimate of drug-likeness (QED) is 0.657. The fourth-order valence-corrected chi connectivity index (χ4v) is 1.97. The number of ether oxygens (including phenoxy) is 1.